The number of benzene rings is 1. The molecule has 0 saturated heterocycles. The summed E-state index contributed by atoms with van der Waals surface area (Å²) in [6, 6.07) is 2.33. The molecule has 0 saturated carbocycles. The molecule has 88 valence electrons. The van der Waals surface area contributed by atoms with Crippen LogP contribution in [-0.4, -0.2) is 26.5 Å². The van der Waals surface area contributed by atoms with E-state index in [0.29, 0.717) is 0 Å². The number of nitrogens with one attached hydrogen (secondary N) is 1. The van der Waals surface area contributed by atoms with Gasteiger partial charge in [-0.3, -0.25) is 4.79 Å². The molecule has 1 rings (SSSR count). The summed E-state index contributed by atoms with van der Waals surface area (Å²) in [7, 11) is 2.86. The number of hydrogen-bond donors (Lipinski definition) is 1. The van der Waals surface area contributed by atoms with Crippen LogP contribution in [0.1, 0.15) is 15.9 Å². The van der Waals surface area contributed by atoms with Crippen LogP contribution < -0.4 is 10.1 Å². The lowest BCUT2D eigenvalue weighted by Crippen LogP contribution is -2.19. The van der Waals surface area contributed by atoms with Crippen LogP contribution >= 0.6 is 0 Å². The fourth-order valence-electron chi connectivity index (χ4n) is 1.40. The average molecular weight is 229 g/mol. The largest absolute Gasteiger partial charge is 0.493 e. The van der Waals surface area contributed by atoms with Gasteiger partial charge in [0.15, 0.2) is 17.3 Å². The number of carbonyl (C=O) groups is 1. The van der Waals surface area contributed by atoms with Gasteiger partial charge in [0.25, 0.3) is 0 Å². The van der Waals surface area contributed by atoms with E-state index in [4.69, 9.17) is 4.74 Å². The number of Topliss-reactive ketones (excluding diaryl/α,β-unsaturated/α-hetero) is 1. The molecule has 0 aromatic heterocycles. The van der Waals surface area contributed by atoms with E-state index in [0.717, 1.165) is 6.07 Å². The van der Waals surface area contributed by atoms with Crippen molar-refractivity contribution < 1.29 is 18.3 Å². The summed E-state index contributed by atoms with van der Waals surface area (Å²) in [5, 5.41) is 2.65. The molecule has 0 aliphatic rings. The van der Waals surface area contributed by atoms with Crippen molar-refractivity contribution >= 4 is 5.78 Å². The van der Waals surface area contributed by atoms with E-state index in [2.05, 4.69) is 5.32 Å². The van der Waals surface area contributed by atoms with Gasteiger partial charge in [0.05, 0.1) is 19.2 Å². The van der Waals surface area contributed by atoms with Crippen LogP contribution in [0.15, 0.2) is 12.1 Å². The van der Waals surface area contributed by atoms with Crippen LogP contribution in [0.25, 0.3) is 0 Å². The Bertz CT molecular complexity index is 394. The molecule has 16 heavy (non-hydrogen) atoms. The van der Waals surface area contributed by atoms with E-state index < -0.39 is 12.5 Å². The van der Waals surface area contributed by atoms with Crippen molar-refractivity contribution in [3.63, 3.8) is 0 Å². The predicted octanol–water partition coefficient (Wildman–Crippen LogP) is 1.71. The van der Waals surface area contributed by atoms with Gasteiger partial charge in [-0.15, -0.1) is 0 Å². The number of carbonyl (C=O) groups excluding carboxylic acids is 1. The third kappa shape index (κ3) is 2.55. The first-order valence-electron chi connectivity index (χ1n) is 4.74. The van der Waals surface area contributed by atoms with Gasteiger partial charge in [-0.2, -0.15) is 0 Å². The summed E-state index contributed by atoms with van der Waals surface area (Å²) in [5.41, 5.74) is 0.183. The third-order valence-corrected chi connectivity index (χ3v) is 2.10. The van der Waals surface area contributed by atoms with E-state index in [9.17, 15) is 13.6 Å². The van der Waals surface area contributed by atoms with Gasteiger partial charge in [0.2, 0.25) is 0 Å². The zero-order chi connectivity index (χ0) is 12.1. The Morgan fingerprint density at radius 2 is 2.19 bits per heavy atom. The maximum atomic E-state index is 13.4. The van der Waals surface area contributed by atoms with Crippen molar-refractivity contribution in [2.75, 3.05) is 20.7 Å². The molecule has 0 bridgehead atoms. The maximum Gasteiger partial charge on any atom is 0.180 e. The van der Waals surface area contributed by atoms with Crippen molar-refractivity contribution in [2.45, 2.75) is 6.67 Å². The first kappa shape index (κ1) is 12.6. The summed E-state index contributed by atoms with van der Waals surface area (Å²) >= 11 is 0. The zero-order valence-corrected chi connectivity index (χ0v) is 9.14. The second-order valence-corrected chi connectivity index (χ2v) is 3.25. The number of ketones is 1. The number of halogens is 2. The Balaban J connectivity index is 3.22. The molecule has 1 aromatic rings. The minimum Gasteiger partial charge on any atom is -0.493 e. The zero-order valence-electron chi connectivity index (χ0n) is 9.14. The number of methoxy groups -OCH3 is 1. The van der Waals surface area contributed by atoms with E-state index in [1.54, 1.807) is 7.05 Å². The van der Waals surface area contributed by atoms with Crippen LogP contribution in [0.3, 0.4) is 0 Å². The maximum absolute atomic E-state index is 13.4. The number of likely N-dealkylation sites (N-methyl/N-ethyl adjacent to an activating group) is 1. The minimum atomic E-state index is -0.819. The molecule has 0 unspecified atom stereocenters. The van der Waals surface area contributed by atoms with Crippen molar-refractivity contribution in [2.24, 2.45) is 0 Å². The second kappa shape index (κ2) is 5.55. The lowest BCUT2D eigenvalue weighted by molar-refractivity contribution is 0.0989. The SMILES string of the molecule is CNCC(=O)c1cc(CF)cc(F)c1OC. The number of rotatable bonds is 5. The Hall–Kier alpha value is -1.49. The molecule has 0 aliphatic heterocycles. The van der Waals surface area contributed by atoms with Gasteiger partial charge in [-0.25, -0.2) is 8.78 Å². The normalized spacial score (nSPS) is 10.2. The smallest absolute Gasteiger partial charge is 0.180 e. The summed E-state index contributed by atoms with van der Waals surface area (Å²) in [6.45, 7) is -0.772. The van der Waals surface area contributed by atoms with Gasteiger partial charge in [-0.05, 0) is 24.7 Å². The Morgan fingerprint density at radius 1 is 1.50 bits per heavy atom. The van der Waals surface area contributed by atoms with Crippen molar-refractivity contribution in [3.8, 4) is 5.75 Å². The van der Waals surface area contributed by atoms with Gasteiger partial charge >= 0.3 is 0 Å². The lowest BCUT2D eigenvalue weighted by Gasteiger charge is -2.10. The summed E-state index contributed by atoms with van der Waals surface area (Å²) in [6.07, 6.45) is 0. The lowest BCUT2D eigenvalue weighted by atomic mass is 10.1. The monoisotopic (exact) mass is 229 g/mol. The number of alkyl halides is 1. The molecule has 0 aliphatic carbocycles. The molecular weight excluding hydrogens is 216 g/mol. The Morgan fingerprint density at radius 3 is 2.69 bits per heavy atom. The molecular formula is C11H13F2NO2. The number of ether oxygens (including phenoxy) is 1. The fraction of sp³-hybridized carbons (Fsp3) is 0.364. The van der Waals surface area contributed by atoms with Gasteiger partial charge in [0, 0.05) is 0 Å². The van der Waals surface area contributed by atoms with Crippen LogP contribution in [0.4, 0.5) is 8.78 Å². The highest BCUT2D eigenvalue weighted by Crippen LogP contribution is 2.25. The van der Waals surface area contributed by atoms with E-state index in [1.165, 1.54) is 13.2 Å². The van der Waals surface area contributed by atoms with Gasteiger partial charge in [0.1, 0.15) is 6.67 Å². The van der Waals surface area contributed by atoms with E-state index >= 15 is 0 Å². The highest BCUT2D eigenvalue weighted by atomic mass is 19.1. The molecule has 0 heterocycles. The van der Waals surface area contributed by atoms with Crippen LogP contribution in [0, 0.1) is 5.82 Å². The second-order valence-electron chi connectivity index (χ2n) is 3.25. The third-order valence-electron chi connectivity index (χ3n) is 2.10. The van der Waals surface area contributed by atoms with Crippen molar-refractivity contribution in [1.82, 2.24) is 5.32 Å². The topological polar surface area (TPSA) is 38.3 Å². The Labute approximate surface area is 92.4 Å². The molecule has 0 spiro atoms. The standard InChI is InChI=1S/C11H13F2NO2/c1-14-6-10(15)8-3-7(5-12)4-9(13)11(8)16-2/h3-4,14H,5-6H2,1-2H3. The quantitative estimate of drug-likeness (QED) is 0.781. The fourth-order valence-corrected chi connectivity index (χ4v) is 1.40. The van der Waals surface area contributed by atoms with Crippen LogP contribution in [0.2, 0.25) is 0 Å². The average Bonchev–Trinajstić information content (AvgIpc) is 2.28. The molecule has 0 atom stereocenters. The molecule has 1 aromatic carbocycles. The molecule has 3 nitrogen and oxygen atoms in total. The molecule has 5 heteroatoms. The summed E-state index contributed by atoms with van der Waals surface area (Å²) < 4.78 is 30.7. The molecule has 0 fully saturated rings. The van der Waals surface area contributed by atoms with Crippen LogP contribution in [-0.2, 0) is 6.67 Å². The highest BCUT2D eigenvalue weighted by Gasteiger charge is 2.17. The number of hydrogen-bond acceptors (Lipinski definition) is 3. The summed E-state index contributed by atoms with van der Waals surface area (Å²) in [5.74, 6) is -1.21. The predicted molar refractivity (Wildman–Crippen MR) is 56.0 cm³/mol. The van der Waals surface area contributed by atoms with Crippen molar-refractivity contribution in [3.05, 3.63) is 29.1 Å². The van der Waals surface area contributed by atoms with Gasteiger partial charge in [-0.1, -0.05) is 0 Å². The van der Waals surface area contributed by atoms with Crippen LogP contribution in [0.5, 0.6) is 5.75 Å². The van der Waals surface area contributed by atoms with Crippen molar-refractivity contribution in [1.29, 1.82) is 0 Å². The molecule has 0 radical (unpaired) electrons. The first-order valence-corrected chi connectivity index (χ1v) is 4.74. The minimum absolute atomic E-state index is 0.0472. The molecule has 1 N–H and O–H groups in total. The Kier molecular flexibility index (Phi) is 4.37. The van der Waals surface area contributed by atoms with Gasteiger partial charge < -0.3 is 10.1 Å². The first-order chi connectivity index (χ1) is 7.63. The van der Waals surface area contributed by atoms with E-state index in [1.807, 2.05) is 0 Å². The molecule has 0 amide bonds. The highest BCUT2D eigenvalue weighted by molar-refractivity contribution is 6.00. The summed E-state index contributed by atoms with van der Waals surface area (Å²) in [4.78, 5) is 11.6. The van der Waals surface area contributed by atoms with E-state index in [-0.39, 0.29) is 29.2 Å².